The maximum atomic E-state index is 5.38. The van der Waals surface area contributed by atoms with Gasteiger partial charge in [-0.15, -0.1) is 0 Å². The molecule has 0 radical (unpaired) electrons. The van der Waals surface area contributed by atoms with Crippen LogP contribution in [0.2, 0.25) is 0 Å². The first-order valence-corrected chi connectivity index (χ1v) is 22.1. The summed E-state index contributed by atoms with van der Waals surface area (Å²) in [7, 11) is 0. The lowest BCUT2D eigenvalue weighted by molar-refractivity contribution is 0.266. The van der Waals surface area contributed by atoms with Crippen LogP contribution >= 0.6 is 0 Å². The second kappa shape index (κ2) is 16.8. The molecule has 0 fully saturated rings. The number of hydrogen-bond donors (Lipinski definition) is 0. The van der Waals surface area contributed by atoms with Crippen molar-refractivity contribution in [2.75, 3.05) is 0 Å². The van der Waals surface area contributed by atoms with Gasteiger partial charge in [-0.25, -0.2) is 9.97 Å². The molecule has 6 aromatic heterocycles. The molecule has 2 atom stereocenters. The highest BCUT2D eigenvalue weighted by molar-refractivity contribution is 5.90. The molecule has 2 unspecified atom stereocenters. The van der Waals surface area contributed by atoms with Crippen LogP contribution in [0.4, 0.5) is 0 Å². The standard InChI is InChI=1S/C53H56N6/c1-5-9-19-37(7-3)35-53(36-38(8-4)20-10-6-2)43-33-39(49-47-23-13-17-31-58(47)51(56-49)45-21-11-15-29-54-45)25-27-41(43)42-28-26-40(34-44(42)53)50-48-24-14-18-32-59(48)52(57-50)46-22-12-16-30-55-46/h11-18,21-34,37-38H,5-10,19-20,35-36H2,1-4H3. The van der Waals surface area contributed by atoms with Gasteiger partial charge in [0.25, 0.3) is 0 Å². The quantitative estimate of drug-likeness (QED) is 0.0980. The first kappa shape index (κ1) is 38.6. The van der Waals surface area contributed by atoms with Gasteiger partial charge in [0.05, 0.1) is 22.4 Å². The SMILES string of the molecule is CCCCC(CC)CC1(CC(CC)CCCC)c2cc(-c3nc(-c4ccccn4)n4ccccc34)ccc2-c2ccc(-c3nc(-c4ccccn4)n4ccccc34)cc21. The van der Waals surface area contributed by atoms with Crippen LogP contribution in [0, 0.1) is 11.8 Å². The molecule has 0 saturated heterocycles. The Balaban J connectivity index is 1.27. The van der Waals surface area contributed by atoms with Crippen LogP contribution in [0.25, 0.3) is 67.7 Å². The van der Waals surface area contributed by atoms with Crippen molar-refractivity contribution < 1.29 is 0 Å². The largest absolute Gasteiger partial charge is 0.298 e. The van der Waals surface area contributed by atoms with Gasteiger partial charge in [-0.05, 0) is 108 Å². The van der Waals surface area contributed by atoms with E-state index in [0.29, 0.717) is 11.8 Å². The van der Waals surface area contributed by atoms with Crippen molar-refractivity contribution in [3.8, 4) is 56.7 Å². The molecular formula is C53H56N6. The average molecular weight is 777 g/mol. The van der Waals surface area contributed by atoms with Crippen LogP contribution < -0.4 is 0 Å². The minimum Gasteiger partial charge on any atom is -0.298 e. The summed E-state index contributed by atoms with van der Waals surface area (Å²) >= 11 is 0. The number of imidazole rings is 2. The van der Waals surface area contributed by atoms with Crippen LogP contribution in [0.15, 0.2) is 134 Å². The number of nitrogens with zero attached hydrogens (tertiary/aromatic N) is 6. The summed E-state index contributed by atoms with van der Waals surface area (Å²) in [6.45, 7) is 9.50. The third kappa shape index (κ3) is 7.07. The van der Waals surface area contributed by atoms with E-state index in [-0.39, 0.29) is 5.41 Å². The van der Waals surface area contributed by atoms with E-state index in [1.807, 2.05) is 36.7 Å². The summed E-state index contributed by atoms with van der Waals surface area (Å²) in [5.41, 5.74) is 13.7. The Morgan fingerprint density at radius 3 is 1.39 bits per heavy atom. The molecule has 6 heterocycles. The fraction of sp³-hybridized carbons (Fsp3) is 0.321. The zero-order valence-electron chi connectivity index (χ0n) is 35.1. The number of unbranched alkanes of at least 4 members (excludes halogenated alkanes) is 2. The second-order valence-electron chi connectivity index (χ2n) is 16.8. The topological polar surface area (TPSA) is 60.4 Å². The van der Waals surface area contributed by atoms with E-state index in [1.54, 1.807) is 0 Å². The number of rotatable bonds is 16. The molecule has 1 aliphatic carbocycles. The molecule has 0 N–H and O–H groups in total. The number of fused-ring (bicyclic) bond motifs is 5. The minimum absolute atomic E-state index is 0.168. The molecule has 1 aliphatic rings. The van der Waals surface area contributed by atoms with Gasteiger partial charge < -0.3 is 0 Å². The lowest BCUT2D eigenvalue weighted by atomic mass is 9.65. The van der Waals surface area contributed by atoms with Gasteiger partial charge in [0.2, 0.25) is 0 Å². The summed E-state index contributed by atoms with van der Waals surface area (Å²) in [5.74, 6) is 2.95. The Morgan fingerprint density at radius 2 is 0.983 bits per heavy atom. The molecule has 0 spiro atoms. The molecule has 6 heteroatoms. The molecule has 0 amide bonds. The average Bonchev–Trinajstić information content (AvgIpc) is 3.96. The third-order valence-electron chi connectivity index (χ3n) is 13.2. The normalized spacial score (nSPS) is 14.1. The summed E-state index contributed by atoms with van der Waals surface area (Å²) < 4.78 is 4.40. The monoisotopic (exact) mass is 776 g/mol. The van der Waals surface area contributed by atoms with Crippen molar-refractivity contribution in [1.29, 1.82) is 0 Å². The smallest absolute Gasteiger partial charge is 0.163 e. The molecule has 0 bridgehead atoms. The predicted molar refractivity (Wildman–Crippen MR) is 243 cm³/mol. The first-order valence-electron chi connectivity index (χ1n) is 22.1. The molecule has 0 saturated carbocycles. The van der Waals surface area contributed by atoms with Gasteiger partial charge in [0.1, 0.15) is 11.4 Å². The lowest BCUT2D eigenvalue weighted by Gasteiger charge is -2.39. The molecule has 59 heavy (non-hydrogen) atoms. The van der Waals surface area contributed by atoms with E-state index >= 15 is 0 Å². The molecule has 298 valence electrons. The van der Waals surface area contributed by atoms with Gasteiger partial charge in [-0.3, -0.25) is 18.8 Å². The Bertz CT molecular complexity index is 2500. The second-order valence-corrected chi connectivity index (χ2v) is 16.8. The zero-order chi connectivity index (χ0) is 40.3. The Kier molecular flexibility index (Phi) is 11.0. The molecule has 0 aliphatic heterocycles. The predicted octanol–water partition coefficient (Wildman–Crippen LogP) is 13.9. The highest BCUT2D eigenvalue weighted by atomic mass is 15.0. The van der Waals surface area contributed by atoms with E-state index < -0.39 is 0 Å². The van der Waals surface area contributed by atoms with Crippen molar-refractivity contribution in [1.82, 2.24) is 28.7 Å². The summed E-state index contributed by atoms with van der Waals surface area (Å²) in [4.78, 5) is 20.2. The van der Waals surface area contributed by atoms with E-state index in [0.717, 1.165) is 69.4 Å². The van der Waals surface area contributed by atoms with E-state index in [9.17, 15) is 0 Å². The maximum absolute atomic E-state index is 5.38. The summed E-state index contributed by atoms with van der Waals surface area (Å²) in [5, 5.41) is 0. The Labute approximate surface area is 349 Å². The van der Waals surface area contributed by atoms with Gasteiger partial charge >= 0.3 is 0 Å². The number of hydrogen-bond acceptors (Lipinski definition) is 4. The molecule has 6 nitrogen and oxygen atoms in total. The zero-order valence-corrected chi connectivity index (χ0v) is 35.1. The fourth-order valence-electron chi connectivity index (χ4n) is 10.0. The lowest BCUT2D eigenvalue weighted by Crippen LogP contribution is -2.31. The molecule has 8 aromatic rings. The van der Waals surface area contributed by atoms with E-state index in [2.05, 4.69) is 134 Å². The van der Waals surface area contributed by atoms with Crippen LogP contribution in [-0.2, 0) is 5.41 Å². The van der Waals surface area contributed by atoms with Crippen molar-refractivity contribution >= 4 is 11.0 Å². The van der Waals surface area contributed by atoms with E-state index in [4.69, 9.17) is 19.9 Å². The number of benzene rings is 2. The van der Waals surface area contributed by atoms with Gasteiger partial charge in [0.15, 0.2) is 11.6 Å². The third-order valence-corrected chi connectivity index (χ3v) is 13.2. The number of pyridine rings is 4. The van der Waals surface area contributed by atoms with Gasteiger partial charge in [-0.2, -0.15) is 0 Å². The highest BCUT2D eigenvalue weighted by Gasteiger charge is 2.46. The first-order chi connectivity index (χ1) is 29.1. The molecule has 2 aromatic carbocycles. The van der Waals surface area contributed by atoms with Crippen LogP contribution in [0.1, 0.15) is 103 Å². The summed E-state index contributed by atoms with van der Waals surface area (Å²) in [6, 6.07) is 39.4. The van der Waals surface area contributed by atoms with Crippen LogP contribution in [-0.4, -0.2) is 28.7 Å². The summed E-state index contributed by atoms with van der Waals surface area (Å²) in [6.07, 6.45) is 20.0. The number of aromatic nitrogens is 6. The maximum Gasteiger partial charge on any atom is 0.163 e. The van der Waals surface area contributed by atoms with Gasteiger partial charge in [-0.1, -0.05) is 128 Å². The van der Waals surface area contributed by atoms with Crippen LogP contribution in [0.3, 0.4) is 0 Å². The van der Waals surface area contributed by atoms with Crippen molar-refractivity contribution in [2.24, 2.45) is 11.8 Å². The molecular weight excluding hydrogens is 721 g/mol. The Morgan fingerprint density at radius 1 is 0.525 bits per heavy atom. The minimum atomic E-state index is -0.168. The Hall–Kier alpha value is -5.88. The fourth-order valence-corrected chi connectivity index (χ4v) is 10.0. The van der Waals surface area contributed by atoms with Crippen molar-refractivity contribution in [3.05, 3.63) is 145 Å². The highest BCUT2D eigenvalue weighted by Crippen LogP contribution is 2.58. The van der Waals surface area contributed by atoms with E-state index in [1.165, 1.54) is 73.6 Å². The van der Waals surface area contributed by atoms with Crippen molar-refractivity contribution in [3.63, 3.8) is 0 Å². The van der Waals surface area contributed by atoms with Gasteiger partial charge in [0, 0.05) is 41.3 Å². The van der Waals surface area contributed by atoms with Crippen LogP contribution in [0.5, 0.6) is 0 Å². The van der Waals surface area contributed by atoms with Crippen molar-refractivity contribution in [2.45, 2.75) is 97.3 Å². The molecule has 9 rings (SSSR count).